The van der Waals surface area contributed by atoms with E-state index in [1.807, 2.05) is 13.8 Å². The third-order valence-corrected chi connectivity index (χ3v) is 1.41. The van der Waals surface area contributed by atoms with Gasteiger partial charge in [0.2, 0.25) is 0 Å². The van der Waals surface area contributed by atoms with E-state index in [0.717, 1.165) is 6.61 Å². The van der Waals surface area contributed by atoms with Crippen LogP contribution in [0.2, 0.25) is 0 Å². The van der Waals surface area contributed by atoms with Crippen molar-refractivity contribution in [3.63, 3.8) is 0 Å². The van der Waals surface area contributed by atoms with Crippen molar-refractivity contribution in [2.24, 2.45) is 5.92 Å². The molecule has 1 atom stereocenters. The Morgan fingerprint density at radius 2 is 2.36 bits per heavy atom. The van der Waals surface area contributed by atoms with Crippen molar-refractivity contribution >= 4 is 5.97 Å². The van der Waals surface area contributed by atoms with E-state index in [1.54, 1.807) is 0 Å². The zero-order chi connectivity index (χ0) is 8.27. The average Bonchev–Trinajstić information content (AvgIpc) is 2.63. The number of rotatable bonds is 4. The van der Waals surface area contributed by atoms with E-state index in [-0.39, 0.29) is 12.1 Å². The first-order valence-corrected chi connectivity index (χ1v) is 3.95. The second-order valence-electron chi connectivity index (χ2n) is 3.24. The van der Waals surface area contributed by atoms with Gasteiger partial charge >= 0.3 is 5.97 Å². The minimum absolute atomic E-state index is 0.115. The second-order valence-corrected chi connectivity index (χ2v) is 3.24. The van der Waals surface area contributed by atoms with Crippen molar-refractivity contribution in [2.45, 2.75) is 26.4 Å². The predicted octanol–water partition coefficient (Wildman–Crippen LogP) is 0.975. The van der Waals surface area contributed by atoms with Gasteiger partial charge in [0.25, 0.3) is 0 Å². The molecule has 0 saturated carbocycles. The second kappa shape index (κ2) is 3.72. The lowest BCUT2D eigenvalue weighted by Gasteiger charge is -2.03. The molecule has 1 aliphatic rings. The molecule has 0 aromatic heterocycles. The summed E-state index contributed by atoms with van der Waals surface area (Å²) in [4.78, 5) is 10.9. The zero-order valence-corrected chi connectivity index (χ0v) is 7.00. The Balaban J connectivity index is 2.00. The highest BCUT2D eigenvalue weighted by Crippen LogP contribution is 2.09. The molecule has 3 heteroatoms. The van der Waals surface area contributed by atoms with Crippen LogP contribution in [0.4, 0.5) is 0 Å². The van der Waals surface area contributed by atoms with Crippen LogP contribution in [0.3, 0.4) is 0 Å². The molecule has 1 heterocycles. The third kappa shape index (κ3) is 3.98. The fraction of sp³-hybridized carbons (Fsp3) is 0.875. The van der Waals surface area contributed by atoms with Crippen LogP contribution < -0.4 is 0 Å². The monoisotopic (exact) mass is 158 g/mol. The Hall–Kier alpha value is -0.570. The minimum atomic E-state index is -0.115. The van der Waals surface area contributed by atoms with Gasteiger partial charge in [0.1, 0.15) is 12.7 Å². The van der Waals surface area contributed by atoms with E-state index in [4.69, 9.17) is 9.47 Å². The molecule has 1 unspecified atom stereocenters. The van der Waals surface area contributed by atoms with E-state index in [9.17, 15) is 4.79 Å². The van der Waals surface area contributed by atoms with E-state index in [2.05, 4.69) is 0 Å². The Morgan fingerprint density at radius 3 is 2.82 bits per heavy atom. The van der Waals surface area contributed by atoms with Gasteiger partial charge in [-0.3, -0.25) is 4.79 Å². The van der Waals surface area contributed by atoms with Crippen LogP contribution in [0.25, 0.3) is 0 Å². The van der Waals surface area contributed by atoms with Crippen LogP contribution in [-0.4, -0.2) is 25.3 Å². The molecule has 0 aromatic carbocycles. The van der Waals surface area contributed by atoms with Gasteiger partial charge in [-0.2, -0.15) is 0 Å². The molecular weight excluding hydrogens is 144 g/mol. The van der Waals surface area contributed by atoms with Crippen LogP contribution in [0.15, 0.2) is 0 Å². The molecule has 0 amide bonds. The maximum absolute atomic E-state index is 10.9. The number of carbonyl (C=O) groups excluding carboxylic acids is 1. The van der Waals surface area contributed by atoms with E-state index >= 15 is 0 Å². The van der Waals surface area contributed by atoms with E-state index in [0.29, 0.717) is 18.9 Å². The molecular formula is C8H14O3. The standard InChI is InChI=1S/C8H14O3/c1-6(2)3-8(9)11-5-7-4-10-7/h6-7H,3-5H2,1-2H3. The number of hydrogen-bond donors (Lipinski definition) is 0. The molecule has 0 bridgehead atoms. The lowest BCUT2D eigenvalue weighted by Crippen LogP contribution is -2.11. The van der Waals surface area contributed by atoms with E-state index < -0.39 is 0 Å². The number of hydrogen-bond acceptors (Lipinski definition) is 3. The molecule has 0 aromatic rings. The quantitative estimate of drug-likeness (QED) is 0.452. The van der Waals surface area contributed by atoms with Crippen LogP contribution >= 0.6 is 0 Å². The molecule has 1 fully saturated rings. The van der Waals surface area contributed by atoms with Gasteiger partial charge in [0, 0.05) is 6.42 Å². The van der Waals surface area contributed by atoms with Crippen molar-refractivity contribution in [1.82, 2.24) is 0 Å². The lowest BCUT2D eigenvalue weighted by molar-refractivity contribution is -0.144. The Labute approximate surface area is 66.7 Å². The van der Waals surface area contributed by atoms with Crippen molar-refractivity contribution in [1.29, 1.82) is 0 Å². The summed E-state index contributed by atoms with van der Waals surface area (Å²) in [6.45, 7) is 5.17. The van der Waals surface area contributed by atoms with Gasteiger partial charge in [-0.1, -0.05) is 13.8 Å². The van der Waals surface area contributed by atoms with E-state index in [1.165, 1.54) is 0 Å². The maximum Gasteiger partial charge on any atom is 0.306 e. The lowest BCUT2D eigenvalue weighted by atomic mass is 10.1. The predicted molar refractivity (Wildman–Crippen MR) is 40.2 cm³/mol. The minimum Gasteiger partial charge on any atom is -0.463 e. The molecule has 0 N–H and O–H groups in total. The SMILES string of the molecule is CC(C)CC(=O)OCC1CO1. The zero-order valence-electron chi connectivity index (χ0n) is 7.00. The van der Waals surface area contributed by atoms with Gasteiger partial charge in [-0.25, -0.2) is 0 Å². The largest absolute Gasteiger partial charge is 0.463 e. The summed E-state index contributed by atoms with van der Waals surface area (Å²) in [5.41, 5.74) is 0. The summed E-state index contributed by atoms with van der Waals surface area (Å²) < 4.78 is 9.80. The molecule has 11 heavy (non-hydrogen) atoms. The van der Waals surface area contributed by atoms with Gasteiger partial charge in [0.15, 0.2) is 0 Å². The van der Waals surface area contributed by atoms with Gasteiger partial charge in [0.05, 0.1) is 6.61 Å². The maximum atomic E-state index is 10.9. The molecule has 0 spiro atoms. The highest BCUT2D eigenvalue weighted by Gasteiger charge is 2.24. The van der Waals surface area contributed by atoms with Gasteiger partial charge < -0.3 is 9.47 Å². The van der Waals surface area contributed by atoms with Gasteiger partial charge in [-0.05, 0) is 5.92 Å². The Morgan fingerprint density at radius 1 is 1.73 bits per heavy atom. The smallest absolute Gasteiger partial charge is 0.306 e. The topological polar surface area (TPSA) is 38.8 Å². The summed E-state index contributed by atoms with van der Waals surface area (Å²) >= 11 is 0. The molecule has 1 aliphatic heterocycles. The fourth-order valence-electron chi connectivity index (χ4n) is 0.742. The Kier molecular flexibility index (Phi) is 2.88. The fourth-order valence-corrected chi connectivity index (χ4v) is 0.742. The molecule has 0 aliphatic carbocycles. The van der Waals surface area contributed by atoms with Crippen LogP contribution in [0.1, 0.15) is 20.3 Å². The first-order valence-electron chi connectivity index (χ1n) is 3.95. The molecule has 1 rings (SSSR count). The van der Waals surface area contributed by atoms with Crippen molar-refractivity contribution < 1.29 is 14.3 Å². The highest BCUT2D eigenvalue weighted by atomic mass is 16.6. The summed E-state index contributed by atoms with van der Waals surface area (Å²) in [5.74, 6) is 0.262. The first kappa shape index (κ1) is 8.53. The number of carbonyl (C=O) groups is 1. The van der Waals surface area contributed by atoms with Crippen LogP contribution in [0, 0.1) is 5.92 Å². The molecule has 0 radical (unpaired) electrons. The molecule has 3 nitrogen and oxygen atoms in total. The molecule has 1 saturated heterocycles. The summed E-state index contributed by atoms with van der Waals surface area (Å²) in [6, 6.07) is 0. The normalized spacial score (nSPS) is 21.9. The van der Waals surface area contributed by atoms with Crippen molar-refractivity contribution in [3.05, 3.63) is 0 Å². The first-order chi connectivity index (χ1) is 5.18. The summed E-state index contributed by atoms with van der Waals surface area (Å²) in [6.07, 6.45) is 0.693. The van der Waals surface area contributed by atoms with Crippen LogP contribution in [0.5, 0.6) is 0 Å². The van der Waals surface area contributed by atoms with Crippen molar-refractivity contribution in [2.75, 3.05) is 13.2 Å². The number of epoxide rings is 1. The number of esters is 1. The van der Waals surface area contributed by atoms with Crippen LogP contribution in [-0.2, 0) is 14.3 Å². The Bertz CT molecular complexity index is 138. The highest BCUT2D eigenvalue weighted by molar-refractivity contribution is 5.69. The summed E-state index contributed by atoms with van der Waals surface area (Å²) in [5, 5.41) is 0. The third-order valence-electron chi connectivity index (χ3n) is 1.41. The van der Waals surface area contributed by atoms with Gasteiger partial charge in [-0.15, -0.1) is 0 Å². The average molecular weight is 158 g/mol. The number of ether oxygens (including phenoxy) is 2. The molecule has 64 valence electrons. The summed E-state index contributed by atoms with van der Waals surface area (Å²) in [7, 11) is 0. The van der Waals surface area contributed by atoms with Crippen molar-refractivity contribution in [3.8, 4) is 0 Å².